The van der Waals surface area contributed by atoms with Crippen molar-refractivity contribution >= 4 is 32.5 Å². The van der Waals surface area contributed by atoms with Crippen LogP contribution in [0.3, 0.4) is 0 Å². The summed E-state index contributed by atoms with van der Waals surface area (Å²) in [5.41, 5.74) is 8.32. The zero-order chi connectivity index (χ0) is 13.4. The second-order valence-corrected chi connectivity index (χ2v) is 5.38. The minimum absolute atomic E-state index is 0.200. The van der Waals surface area contributed by atoms with Crippen LogP contribution in [0.15, 0.2) is 53.1 Å². The molecular formula is C15H12BrFN2. The summed E-state index contributed by atoms with van der Waals surface area (Å²) in [7, 11) is 0. The summed E-state index contributed by atoms with van der Waals surface area (Å²) >= 11 is 3.37. The van der Waals surface area contributed by atoms with Crippen LogP contribution in [-0.2, 0) is 6.54 Å². The maximum Gasteiger partial charge on any atom is 0.128 e. The molecule has 3 aromatic rings. The van der Waals surface area contributed by atoms with E-state index in [1.165, 1.54) is 6.07 Å². The van der Waals surface area contributed by atoms with Crippen LogP contribution in [0.5, 0.6) is 0 Å². The average Bonchev–Trinajstić information content (AvgIpc) is 2.79. The van der Waals surface area contributed by atoms with Gasteiger partial charge in [-0.3, -0.25) is 0 Å². The molecule has 0 fully saturated rings. The summed E-state index contributed by atoms with van der Waals surface area (Å²) in [4.78, 5) is 0. The maximum absolute atomic E-state index is 13.8. The van der Waals surface area contributed by atoms with Gasteiger partial charge in [0.05, 0.1) is 12.1 Å². The molecule has 96 valence electrons. The third kappa shape index (κ3) is 2.24. The lowest BCUT2D eigenvalue weighted by Gasteiger charge is -2.08. The molecular weight excluding hydrogens is 307 g/mol. The number of nitrogen functional groups attached to an aromatic ring is 1. The topological polar surface area (TPSA) is 30.9 Å². The number of rotatable bonds is 2. The molecule has 0 bridgehead atoms. The first-order chi connectivity index (χ1) is 9.15. The van der Waals surface area contributed by atoms with Crippen molar-refractivity contribution in [3.8, 4) is 0 Å². The van der Waals surface area contributed by atoms with E-state index in [4.69, 9.17) is 5.73 Å². The molecule has 4 heteroatoms. The highest BCUT2D eigenvalue weighted by molar-refractivity contribution is 9.10. The van der Waals surface area contributed by atoms with Crippen LogP contribution < -0.4 is 5.73 Å². The molecule has 1 aromatic heterocycles. The van der Waals surface area contributed by atoms with Crippen molar-refractivity contribution in [2.24, 2.45) is 0 Å². The number of halogens is 2. The van der Waals surface area contributed by atoms with Gasteiger partial charge in [0, 0.05) is 27.3 Å². The molecule has 0 aliphatic rings. The van der Waals surface area contributed by atoms with Gasteiger partial charge in [-0.25, -0.2) is 4.39 Å². The Balaban J connectivity index is 2.06. The van der Waals surface area contributed by atoms with Crippen molar-refractivity contribution in [3.05, 3.63) is 64.5 Å². The Morgan fingerprint density at radius 1 is 1.16 bits per heavy atom. The fourth-order valence-corrected chi connectivity index (χ4v) is 2.64. The molecule has 0 aliphatic heterocycles. The van der Waals surface area contributed by atoms with E-state index < -0.39 is 0 Å². The van der Waals surface area contributed by atoms with Gasteiger partial charge in [0.25, 0.3) is 0 Å². The largest absolute Gasteiger partial charge is 0.398 e. The predicted octanol–water partition coefficient (Wildman–Crippen LogP) is 4.17. The first-order valence-corrected chi connectivity index (χ1v) is 6.72. The molecule has 1 heterocycles. The average molecular weight is 319 g/mol. The summed E-state index contributed by atoms with van der Waals surface area (Å²) < 4.78 is 16.7. The van der Waals surface area contributed by atoms with Gasteiger partial charge in [0.2, 0.25) is 0 Å². The van der Waals surface area contributed by atoms with Crippen molar-refractivity contribution in [3.63, 3.8) is 0 Å². The molecule has 19 heavy (non-hydrogen) atoms. The van der Waals surface area contributed by atoms with Crippen molar-refractivity contribution in [2.75, 3.05) is 5.73 Å². The first-order valence-electron chi connectivity index (χ1n) is 5.92. The summed E-state index contributed by atoms with van der Waals surface area (Å²) in [6.45, 7) is 0.484. The Hall–Kier alpha value is -1.81. The number of nitrogens with two attached hydrogens (primary N) is 1. The van der Waals surface area contributed by atoms with Gasteiger partial charge in [-0.05, 0) is 36.4 Å². The van der Waals surface area contributed by atoms with E-state index in [0.29, 0.717) is 12.1 Å². The smallest absolute Gasteiger partial charge is 0.128 e. The monoisotopic (exact) mass is 318 g/mol. The van der Waals surface area contributed by atoms with Crippen molar-refractivity contribution < 1.29 is 4.39 Å². The molecule has 0 saturated heterocycles. The Kier molecular flexibility index (Phi) is 3.03. The second-order valence-electron chi connectivity index (χ2n) is 4.46. The first kappa shape index (κ1) is 12.2. The van der Waals surface area contributed by atoms with E-state index >= 15 is 0 Å². The molecule has 3 rings (SSSR count). The van der Waals surface area contributed by atoms with Crippen LogP contribution in [0, 0.1) is 5.82 Å². The van der Waals surface area contributed by atoms with Crippen LogP contribution in [0.25, 0.3) is 10.9 Å². The molecule has 2 N–H and O–H groups in total. The lowest BCUT2D eigenvalue weighted by Crippen LogP contribution is -2.00. The van der Waals surface area contributed by atoms with E-state index in [-0.39, 0.29) is 5.82 Å². The molecule has 0 saturated carbocycles. The third-order valence-electron chi connectivity index (χ3n) is 3.20. The number of anilines is 1. The molecule has 2 aromatic carbocycles. The number of aromatic nitrogens is 1. The van der Waals surface area contributed by atoms with Gasteiger partial charge in [0.15, 0.2) is 0 Å². The lowest BCUT2D eigenvalue weighted by molar-refractivity contribution is 0.601. The minimum atomic E-state index is -0.200. The second kappa shape index (κ2) is 4.70. The third-order valence-corrected chi connectivity index (χ3v) is 3.69. The van der Waals surface area contributed by atoms with Gasteiger partial charge >= 0.3 is 0 Å². The lowest BCUT2D eigenvalue weighted by atomic mass is 10.2. The normalized spacial score (nSPS) is 11.1. The van der Waals surface area contributed by atoms with E-state index in [0.717, 1.165) is 21.1 Å². The summed E-state index contributed by atoms with van der Waals surface area (Å²) in [6.07, 6.45) is 1.93. The van der Waals surface area contributed by atoms with Crippen LogP contribution in [0.1, 0.15) is 5.56 Å². The van der Waals surface area contributed by atoms with Crippen molar-refractivity contribution in [1.82, 2.24) is 4.57 Å². The molecule has 0 aliphatic carbocycles. The SMILES string of the molecule is Nc1cccc2c1ccn2Cc1cc(Br)ccc1F. The molecule has 0 amide bonds. The fraction of sp³-hybridized carbons (Fsp3) is 0.0667. The summed E-state index contributed by atoms with van der Waals surface area (Å²) in [6, 6.07) is 12.7. The van der Waals surface area contributed by atoms with Crippen molar-refractivity contribution in [2.45, 2.75) is 6.54 Å². The number of hydrogen-bond acceptors (Lipinski definition) is 1. The highest BCUT2D eigenvalue weighted by atomic mass is 79.9. The molecule has 0 unspecified atom stereocenters. The summed E-state index contributed by atoms with van der Waals surface area (Å²) in [5, 5.41) is 0.998. The van der Waals surface area contributed by atoms with Crippen LogP contribution in [0.4, 0.5) is 10.1 Å². The number of hydrogen-bond donors (Lipinski definition) is 1. The maximum atomic E-state index is 13.8. The Morgan fingerprint density at radius 3 is 2.84 bits per heavy atom. The van der Waals surface area contributed by atoms with Crippen LogP contribution in [-0.4, -0.2) is 4.57 Å². The van der Waals surface area contributed by atoms with E-state index in [1.54, 1.807) is 12.1 Å². The van der Waals surface area contributed by atoms with Gasteiger partial charge in [0.1, 0.15) is 5.82 Å². The van der Waals surface area contributed by atoms with E-state index in [1.807, 2.05) is 35.0 Å². The summed E-state index contributed by atoms with van der Waals surface area (Å²) in [5.74, 6) is -0.200. The van der Waals surface area contributed by atoms with E-state index in [2.05, 4.69) is 15.9 Å². The van der Waals surface area contributed by atoms with Gasteiger partial charge in [-0.2, -0.15) is 0 Å². The van der Waals surface area contributed by atoms with Gasteiger partial charge in [-0.15, -0.1) is 0 Å². The minimum Gasteiger partial charge on any atom is -0.398 e. The van der Waals surface area contributed by atoms with Crippen LogP contribution >= 0.6 is 15.9 Å². The number of benzene rings is 2. The van der Waals surface area contributed by atoms with Gasteiger partial charge < -0.3 is 10.3 Å². The molecule has 2 nitrogen and oxygen atoms in total. The standard InChI is InChI=1S/C15H12BrFN2/c16-11-4-5-13(17)10(8-11)9-19-7-6-12-14(18)2-1-3-15(12)19/h1-8H,9,18H2. The Morgan fingerprint density at radius 2 is 2.00 bits per heavy atom. The van der Waals surface area contributed by atoms with Crippen molar-refractivity contribution in [1.29, 1.82) is 0 Å². The number of nitrogens with zero attached hydrogens (tertiary/aromatic N) is 1. The highest BCUT2D eigenvalue weighted by Crippen LogP contribution is 2.24. The Labute approximate surface area is 118 Å². The quantitative estimate of drug-likeness (QED) is 0.706. The Bertz CT molecular complexity index is 749. The highest BCUT2D eigenvalue weighted by Gasteiger charge is 2.07. The molecule has 0 spiro atoms. The van der Waals surface area contributed by atoms with E-state index in [9.17, 15) is 4.39 Å². The van der Waals surface area contributed by atoms with Crippen LogP contribution in [0.2, 0.25) is 0 Å². The molecule has 0 atom stereocenters. The number of fused-ring (bicyclic) bond motifs is 1. The van der Waals surface area contributed by atoms with Gasteiger partial charge in [-0.1, -0.05) is 22.0 Å². The predicted molar refractivity (Wildman–Crippen MR) is 79.6 cm³/mol. The zero-order valence-corrected chi connectivity index (χ0v) is 11.7. The zero-order valence-electron chi connectivity index (χ0n) is 10.1. The molecule has 0 radical (unpaired) electrons. The fourth-order valence-electron chi connectivity index (χ4n) is 2.23.